The minimum atomic E-state index is -0.727. The van der Waals surface area contributed by atoms with E-state index in [0.29, 0.717) is 11.1 Å². The van der Waals surface area contributed by atoms with Crippen LogP contribution in [0.25, 0.3) is 0 Å². The Kier molecular flexibility index (Phi) is 5.10. The van der Waals surface area contributed by atoms with E-state index in [4.69, 9.17) is 4.74 Å². The Morgan fingerprint density at radius 3 is 2.13 bits per heavy atom. The molecule has 2 aliphatic carbocycles. The van der Waals surface area contributed by atoms with Crippen LogP contribution in [0.15, 0.2) is 84.9 Å². The number of anilines is 1. The summed E-state index contributed by atoms with van der Waals surface area (Å²) in [5.74, 6) is 0.922. The predicted octanol–water partition coefficient (Wildman–Crippen LogP) is 6.38. The Morgan fingerprint density at radius 2 is 1.57 bits per heavy atom. The van der Waals surface area contributed by atoms with Gasteiger partial charge in [0.1, 0.15) is 5.60 Å². The Bertz CT molecular complexity index is 949. The van der Waals surface area contributed by atoms with Crippen LogP contribution < -0.4 is 5.48 Å². The molecule has 3 heteroatoms. The Morgan fingerprint density at radius 1 is 0.900 bits per heavy atom. The van der Waals surface area contributed by atoms with Crippen LogP contribution in [0, 0.1) is 11.3 Å². The summed E-state index contributed by atoms with van der Waals surface area (Å²) in [7, 11) is 0. The van der Waals surface area contributed by atoms with Crippen molar-refractivity contribution in [1.29, 1.82) is 0 Å². The van der Waals surface area contributed by atoms with Crippen molar-refractivity contribution >= 4 is 5.69 Å². The van der Waals surface area contributed by atoms with Crippen LogP contribution in [0.4, 0.5) is 5.69 Å². The molecule has 0 saturated heterocycles. The molecule has 0 aliphatic heterocycles. The van der Waals surface area contributed by atoms with Crippen LogP contribution in [-0.2, 0) is 10.3 Å². The highest BCUT2D eigenvalue weighted by atomic mass is 16.5. The lowest BCUT2D eigenvalue weighted by Crippen LogP contribution is -2.34. The molecule has 3 aromatic rings. The van der Waals surface area contributed by atoms with Gasteiger partial charge in [-0.3, -0.25) is 10.7 Å². The van der Waals surface area contributed by atoms with Gasteiger partial charge in [-0.2, -0.15) is 0 Å². The summed E-state index contributed by atoms with van der Waals surface area (Å²) in [6.45, 7) is 0.719. The molecular formula is C27H29NO2. The van der Waals surface area contributed by atoms with Crippen LogP contribution in [-0.4, -0.2) is 11.8 Å². The summed E-state index contributed by atoms with van der Waals surface area (Å²) >= 11 is 0. The molecule has 0 amide bonds. The highest BCUT2D eigenvalue weighted by Gasteiger charge is 2.56. The fourth-order valence-corrected chi connectivity index (χ4v) is 5.59. The second kappa shape index (κ2) is 7.90. The second-order valence-electron chi connectivity index (χ2n) is 8.86. The molecule has 0 radical (unpaired) electrons. The van der Waals surface area contributed by atoms with E-state index >= 15 is 0 Å². The van der Waals surface area contributed by atoms with Crippen LogP contribution in [0.5, 0.6) is 0 Å². The number of ether oxygens (including phenoxy) is 1. The van der Waals surface area contributed by atoms with Gasteiger partial charge in [0.2, 0.25) is 0 Å². The van der Waals surface area contributed by atoms with Crippen molar-refractivity contribution in [3.05, 3.63) is 102 Å². The Balaban J connectivity index is 1.58. The third-order valence-electron chi connectivity index (χ3n) is 7.26. The molecule has 5 rings (SSSR count). The molecule has 0 bridgehead atoms. The molecule has 2 aliphatic rings. The molecule has 2 N–H and O–H groups in total. The van der Waals surface area contributed by atoms with Crippen molar-refractivity contribution in [3.63, 3.8) is 0 Å². The molecule has 2 saturated carbocycles. The third-order valence-corrected chi connectivity index (χ3v) is 7.26. The van der Waals surface area contributed by atoms with Crippen molar-refractivity contribution in [3.8, 4) is 0 Å². The normalized spacial score (nSPS) is 22.5. The molecule has 2 fully saturated rings. The number of nitrogens with one attached hydrogen (secondary N) is 1. The van der Waals surface area contributed by atoms with Gasteiger partial charge in [0, 0.05) is 6.61 Å². The Labute approximate surface area is 178 Å². The van der Waals surface area contributed by atoms with Crippen molar-refractivity contribution in [2.45, 2.75) is 37.7 Å². The molecule has 154 valence electrons. The maximum absolute atomic E-state index is 9.54. The third kappa shape index (κ3) is 3.32. The summed E-state index contributed by atoms with van der Waals surface area (Å²) in [5, 5.41) is 9.54. The van der Waals surface area contributed by atoms with Crippen molar-refractivity contribution in [2.75, 3.05) is 12.1 Å². The average molecular weight is 400 g/mol. The minimum absolute atomic E-state index is 0.535. The quantitative estimate of drug-likeness (QED) is 0.341. The van der Waals surface area contributed by atoms with Gasteiger partial charge in [-0.25, -0.2) is 0 Å². The predicted molar refractivity (Wildman–Crippen MR) is 120 cm³/mol. The van der Waals surface area contributed by atoms with Crippen LogP contribution in [0.1, 0.15) is 48.8 Å². The lowest BCUT2D eigenvalue weighted by molar-refractivity contribution is 0.00336. The summed E-state index contributed by atoms with van der Waals surface area (Å²) in [5.41, 5.74) is 5.97. The molecular weight excluding hydrogens is 370 g/mol. The van der Waals surface area contributed by atoms with Gasteiger partial charge in [-0.1, -0.05) is 79.2 Å². The molecule has 0 spiro atoms. The monoisotopic (exact) mass is 399 g/mol. The fraction of sp³-hybridized carbons (Fsp3) is 0.333. The second-order valence-corrected chi connectivity index (χ2v) is 8.86. The number of hydrogen-bond donors (Lipinski definition) is 2. The van der Waals surface area contributed by atoms with Crippen LogP contribution in [0.3, 0.4) is 0 Å². The topological polar surface area (TPSA) is 41.5 Å². The highest BCUT2D eigenvalue weighted by Crippen LogP contribution is 2.65. The molecule has 3 aromatic carbocycles. The standard InChI is InChI=1S/C27H29NO2/c29-28-25-15-7-13-23(19-25)27(21-9-3-1-4-10-21,22-11-5-2-6-12-22)30-18-17-26-16-8-14-24(26)20-26/h1-7,9-13,15,19,24,28-29H,8,14,16-18,20H2/t24-,26-/m1/s1. The van der Waals surface area contributed by atoms with E-state index in [2.05, 4.69) is 60.1 Å². The summed E-state index contributed by atoms with van der Waals surface area (Å²) < 4.78 is 6.93. The van der Waals surface area contributed by atoms with Gasteiger partial charge in [-0.15, -0.1) is 0 Å². The van der Waals surface area contributed by atoms with Crippen molar-refractivity contribution < 1.29 is 9.94 Å². The van der Waals surface area contributed by atoms with E-state index in [1.807, 2.05) is 30.3 Å². The molecule has 0 unspecified atom stereocenters. The van der Waals surface area contributed by atoms with Gasteiger partial charge in [-0.05, 0) is 65.8 Å². The zero-order chi connectivity index (χ0) is 20.4. The zero-order valence-electron chi connectivity index (χ0n) is 17.3. The number of fused-ring (bicyclic) bond motifs is 1. The first-order valence-corrected chi connectivity index (χ1v) is 11.0. The van der Waals surface area contributed by atoms with Crippen LogP contribution in [0.2, 0.25) is 0 Å². The van der Waals surface area contributed by atoms with E-state index in [0.717, 1.165) is 35.6 Å². The summed E-state index contributed by atoms with van der Waals surface area (Å²) in [4.78, 5) is 0. The number of benzene rings is 3. The molecule has 30 heavy (non-hydrogen) atoms. The van der Waals surface area contributed by atoms with Gasteiger partial charge >= 0.3 is 0 Å². The first-order valence-electron chi connectivity index (χ1n) is 11.0. The largest absolute Gasteiger partial charge is 0.361 e. The molecule has 0 aromatic heterocycles. The van der Waals surface area contributed by atoms with E-state index in [1.54, 1.807) is 0 Å². The van der Waals surface area contributed by atoms with E-state index in [-0.39, 0.29) is 0 Å². The summed E-state index contributed by atoms with van der Waals surface area (Å²) in [6.07, 6.45) is 6.62. The number of hydrogen-bond acceptors (Lipinski definition) is 3. The fourth-order valence-electron chi connectivity index (χ4n) is 5.59. The van der Waals surface area contributed by atoms with Gasteiger partial charge in [0.25, 0.3) is 0 Å². The lowest BCUT2D eigenvalue weighted by Gasteiger charge is -2.36. The zero-order valence-corrected chi connectivity index (χ0v) is 17.3. The van der Waals surface area contributed by atoms with Gasteiger partial charge in [0.15, 0.2) is 0 Å². The van der Waals surface area contributed by atoms with Crippen molar-refractivity contribution in [2.24, 2.45) is 11.3 Å². The van der Waals surface area contributed by atoms with Crippen LogP contribution >= 0.6 is 0 Å². The summed E-state index contributed by atoms with van der Waals surface area (Å²) in [6, 6.07) is 28.8. The first kappa shape index (κ1) is 19.3. The Hall–Kier alpha value is -2.62. The lowest BCUT2D eigenvalue weighted by atomic mass is 9.79. The smallest absolute Gasteiger partial charge is 0.143 e. The van der Waals surface area contributed by atoms with E-state index < -0.39 is 5.60 Å². The molecule has 0 heterocycles. The maximum Gasteiger partial charge on any atom is 0.143 e. The molecule has 3 nitrogen and oxygen atoms in total. The number of rotatable bonds is 8. The maximum atomic E-state index is 9.54. The van der Waals surface area contributed by atoms with E-state index in [1.165, 1.54) is 25.7 Å². The van der Waals surface area contributed by atoms with Crippen molar-refractivity contribution in [1.82, 2.24) is 0 Å². The SMILES string of the molecule is ONc1cccc(C(OCC[C@@]23CCC[C@@H]2C3)(c2ccccc2)c2ccccc2)c1. The minimum Gasteiger partial charge on any atom is -0.361 e. The van der Waals surface area contributed by atoms with Gasteiger partial charge in [0.05, 0.1) is 5.69 Å². The average Bonchev–Trinajstić information content (AvgIpc) is 3.36. The molecule has 2 atom stereocenters. The first-order chi connectivity index (χ1) is 14.8. The highest BCUT2D eigenvalue weighted by molar-refractivity contribution is 5.53. The van der Waals surface area contributed by atoms with Gasteiger partial charge < -0.3 is 4.74 Å². The van der Waals surface area contributed by atoms with E-state index in [9.17, 15) is 5.21 Å².